The van der Waals surface area contributed by atoms with Gasteiger partial charge in [-0.1, -0.05) is 40.5 Å². The summed E-state index contributed by atoms with van der Waals surface area (Å²) in [6.45, 7) is 8.95. The van der Waals surface area contributed by atoms with Crippen molar-refractivity contribution in [2.24, 2.45) is 11.1 Å². The van der Waals surface area contributed by atoms with Crippen LogP contribution in [0, 0.1) is 5.41 Å². The van der Waals surface area contributed by atoms with E-state index < -0.39 is 0 Å². The number of aromatic nitrogens is 1. The van der Waals surface area contributed by atoms with Gasteiger partial charge in [-0.15, -0.1) is 11.3 Å². The van der Waals surface area contributed by atoms with Crippen LogP contribution >= 0.6 is 11.3 Å². The fourth-order valence-corrected chi connectivity index (χ4v) is 4.30. The Labute approximate surface area is 121 Å². The molecule has 0 saturated heterocycles. The smallest absolute Gasteiger partial charge is 0.0944 e. The summed E-state index contributed by atoms with van der Waals surface area (Å²) in [5.74, 6) is 0. The van der Waals surface area contributed by atoms with E-state index >= 15 is 0 Å². The molecule has 0 spiro atoms. The van der Waals surface area contributed by atoms with Crippen LogP contribution in [0.2, 0.25) is 0 Å². The van der Waals surface area contributed by atoms with Crippen molar-refractivity contribution in [3.8, 4) is 0 Å². The standard InChI is InChI=1S/C16H28N2S/c1-5-16(8-6-7-9-16)12(17)10-14-18-13(11-19-14)15(2,3)4/h11-12H,5-10,17H2,1-4H3. The van der Waals surface area contributed by atoms with Gasteiger partial charge >= 0.3 is 0 Å². The Kier molecular flexibility index (Phi) is 4.36. The van der Waals surface area contributed by atoms with Gasteiger partial charge in [-0.05, 0) is 24.7 Å². The first-order chi connectivity index (χ1) is 8.87. The number of rotatable bonds is 4. The van der Waals surface area contributed by atoms with Gasteiger partial charge < -0.3 is 5.73 Å². The first-order valence-electron chi connectivity index (χ1n) is 7.58. The van der Waals surface area contributed by atoms with Crippen LogP contribution in [0.1, 0.15) is 70.5 Å². The molecule has 2 N–H and O–H groups in total. The maximum atomic E-state index is 6.54. The SMILES string of the molecule is CCC1(C(N)Cc2nc(C(C)(C)C)cs2)CCCC1. The molecule has 1 aromatic heterocycles. The van der Waals surface area contributed by atoms with E-state index in [0.717, 1.165) is 6.42 Å². The molecule has 0 bridgehead atoms. The minimum atomic E-state index is 0.147. The zero-order valence-corrected chi connectivity index (χ0v) is 13.6. The van der Waals surface area contributed by atoms with E-state index in [1.807, 2.05) is 0 Å². The molecule has 1 atom stereocenters. The molecule has 1 saturated carbocycles. The molecule has 1 aliphatic rings. The van der Waals surface area contributed by atoms with Gasteiger partial charge in [0.15, 0.2) is 0 Å². The lowest BCUT2D eigenvalue weighted by atomic mass is 9.75. The molecule has 1 aliphatic carbocycles. The molecule has 2 rings (SSSR count). The molecule has 0 aliphatic heterocycles. The van der Waals surface area contributed by atoms with Crippen molar-refractivity contribution >= 4 is 11.3 Å². The summed E-state index contributed by atoms with van der Waals surface area (Å²) in [4.78, 5) is 4.80. The van der Waals surface area contributed by atoms with Gasteiger partial charge in [-0.25, -0.2) is 4.98 Å². The maximum Gasteiger partial charge on any atom is 0.0944 e. The van der Waals surface area contributed by atoms with Crippen LogP contribution in [-0.2, 0) is 11.8 Å². The van der Waals surface area contributed by atoms with Crippen molar-refractivity contribution in [1.82, 2.24) is 4.98 Å². The minimum absolute atomic E-state index is 0.147. The van der Waals surface area contributed by atoms with E-state index in [-0.39, 0.29) is 11.5 Å². The lowest BCUT2D eigenvalue weighted by Crippen LogP contribution is -2.41. The Morgan fingerprint density at radius 1 is 1.37 bits per heavy atom. The topological polar surface area (TPSA) is 38.9 Å². The minimum Gasteiger partial charge on any atom is -0.327 e. The lowest BCUT2D eigenvalue weighted by Gasteiger charge is -2.34. The highest BCUT2D eigenvalue weighted by molar-refractivity contribution is 7.09. The highest BCUT2D eigenvalue weighted by atomic mass is 32.1. The van der Waals surface area contributed by atoms with Crippen molar-refractivity contribution in [2.45, 2.75) is 77.7 Å². The molecule has 108 valence electrons. The van der Waals surface area contributed by atoms with Crippen molar-refractivity contribution in [3.05, 3.63) is 16.1 Å². The van der Waals surface area contributed by atoms with Gasteiger partial charge in [0, 0.05) is 23.3 Å². The van der Waals surface area contributed by atoms with E-state index in [4.69, 9.17) is 10.7 Å². The second-order valence-electron chi connectivity index (χ2n) is 7.11. The van der Waals surface area contributed by atoms with Gasteiger partial charge in [0.05, 0.1) is 10.7 Å². The average molecular weight is 280 g/mol. The summed E-state index contributed by atoms with van der Waals surface area (Å²) >= 11 is 1.78. The first-order valence-corrected chi connectivity index (χ1v) is 8.46. The largest absolute Gasteiger partial charge is 0.327 e. The maximum absolute atomic E-state index is 6.54. The lowest BCUT2D eigenvalue weighted by molar-refractivity contribution is 0.218. The molecule has 2 nitrogen and oxygen atoms in total. The van der Waals surface area contributed by atoms with Crippen LogP contribution in [-0.4, -0.2) is 11.0 Å². The monoisotopic (exact) mass is 280 g/mol. The molecular weight excluding hydrogens is 252 g/mol. The summed E-state index contributed by atoms with van der Waals surface area (Å²) in [7, 11) is 0. The summed E-state index contributed by atoms with van der Waals surface area (Å²) < 4.78 is 0. The van der Waals surface area contributed by atoms with E-state index in [2.05, 4.69) is 33.1 Å². The van der Waals surface area contributed by atoms with Crippen molar-refractivity contribution < 1.29 is 0 Å². The van der Waals surface area contributed by atoms with Gasteiger partial charge in [0.1, 0.15) is 0 Å². The number of thiazole rings is 1. The van der Waals surface area contributed by atoms with E-state index in [9.17, 15) is 0 Å². The van der Waals surface area contributed by atoms with Crippen molar-refractivity contribution in [2.75, 3.05) is 0 Å². The zero-order chi connectivity index (χ0) is 14.1. The van der Waals surface area contributed by atoms with Gasteiger partial charge in [0.2, 0.25) is 0 Å². The first kappa shape index (κ1) is 15.0. The zero-order valence-electron chi connectivity index (χ0n) is 12.8. The Bertz CT molecular complexity index is 411. The quantitative estimate of drug-likeness (QED) is 0.894. The van der Waals surface area contributed by atoms with Crippen LogP contribution in [0.4, 0.5) is 0 Å². The van der Waals surface area contributed by atoms with Crippen molar-refractivity contribution in [1.29, 1.82) is 0 Å². The van der Waals surface area contributed by atoms with Crippen molar-refractivity contribution in [3.63, 3.8) is 0 Å². The molecule has 0 radical (unpaired) electrons. The summed E-state index contributed by atoms with van der Waals surface area (Å²) in [6, 6.07) is 0.277. The van der Waals surface area contributed by atoms with Crippen LogP contribution in [0.5, 0.6) is 0 Å². The van der Waals surface area contributed by atoms with Gasteiger partial charge in [-0.2, -0.15) is 0 Å². The van der Waals surface area contributed by atoms with E-state index in [0.29, 0.717) is 5.41 Å². The normalized spacial score (nSPS) is 20.7. The highest BCUT2D eigenvalue weighted by Gasteiger charge is 2.38. The van der Waals surface area contributed by atoms with Crippen LogP contribution in [0.25, 0.3) is 0 Å². The number of hydrogen-bond acceptors (Lipinski definition) is 3. The molecular formula is C16H28N2S. The third-order valence-electron chi connectivity index (χ3n) is 4.80. The second-order valence-corrected chi connectivity index (χ2v) is 8.05. The number of nitrogens with zero attached hydrogens (tertiary/aromatic N) is 1. The molecule has 1 aromatic rings. The number of nitrogens with two attached hydrogens (primary N) is 1. The number of hydrogen-bond donors (Lipinski definition) is 1. The Morgan fingerprint density at radius 2 is 2.00 bits per heavy atom. The molecule has 1 heterocycles. The van der Waals surface area contributed by atoms with Gasteiger partial charge in [-0.3, -0.25) is 0 Å². The third-order valence-corrected chi connectivity index (χ3v) is 5.68. The van der Waals surface area contributed by atoms with Crippen LogP contribution in [0.15, 0.2) is 5.38 Å². The second kappa shape index (κ2) is 5.53. The molecule has 1 unspecified atom stereocenters. The third kappa shape index (κ3) is 3.19. The summed E-state index contributed by atoms with van der Waals surface area (Å²) in [6.07, 6.45) is 7.49. The summed E-state index contributed by atoms with van der Waals surface area (Å²) in [5.41, 5.74) is 8.28. The Balaban J connectivity index is 2.06. The molecule has 19 heavy (non-hydrogen) atoms. The Hall–Kier alpha value is -0.410. The predicted octanol–water partition coefficient (Wildman–Crippen LogP) is 4.28. The summed E-state index contributed by atoms with van der Waals surface area (Å²) in [5, 5.41) is 3.42. The molecule has 3 heteroatoms. The highest BCUT2D eigenvalue weighted by Crippen LogP contribution is 2.44. The van der Waals surface area contributed by atoms with E-state index in [1.165, 1.54) is 42.8 Å². The molecule has 0 aromatic carbocycles. The fraction of sp³-hybridized carbons (Fsp3) is 0.812. The Morgan fingerprint density at radius 3 is 2.47 bits per heavy atom. The fourth-order valence-electron chi connectivity index (χ4n) is 3.22. The van der Waals surface area contributed by atoms with Crippen LogP contribution < -0.4 is 5.73 Å². The van der Waals surface area contributed by atoms with E-state index in [1.54, 1.807) is 11.3 Å². The molecule has 1 fully saturated rings. The predicted molar refractivity (Wildman–Crippen MR) is 83.7 cm³/mol. The average Bonchev–Trinajstić information content (AvgIpc) is 2.96. The van der Waals surface area contributed by atoms with Gasteiger partial charge in [0.25, 0.3) is 0 Å². The van der Waals surface area contributed by atoms with Crippen LogP contribution in [0.3, 0.4) is 0 Å². The molecule has 0 amide bonds.